The number of carboxylic acid groups (broad SMARTS) is 2. The van der Waals surface area contributed by atoms with Crippen LogP contribution in [-0.4, -0.2) is 103 Å². The Bertz CT molecular complexity index is 3160. The molecule has 7 aromatic rings. The number of benzene rings is 4. The molecule has 0 aliphatic heterocycles. The fraction of sp³-hybridized carbons (Fsp3) is 0.309. The number of ketones is 1. The lowest BCUT2D eigenvalue weighted by molar-refractivity contribution is -0.143. The number of ether oxygens (including phenoxy) is 1. The van der Waals surface area contributed by atoms with Gasteiger partial charge in [0.15, 0.2) is 5.78 Å². The number of fused-ring (bicyclic) bond motifs is 3. The van der Waals surface area contributed by atoms with Gasteiger partial charge in [-0.1, -0.05) is 91.3 Å². The van der Waals surface area contributed by atoms with Crippen molar-refractivity contribution in [3.05, 3.63) is 144 Å². The molecule has 5 amide bonds. The third-order valence-electron chi connectivity index (χ3n) is 13.5. The first kappa shape index (κ1) is 51.6. The van der Waals surface area contributed by atoms with Crippen LogP contribution in [0.3, 0.4) is 0 Å². The van der Waals surface area contributed by atoms with Gasteiger partial charge in [-0.3, -0.25) is 28.8 Å². The van der Waals surface area contributed by atoms with Crippen LogP contribution in [0, 0.1) is 5.92 Å². The lowest BCUT2D eigenvalue weighted by atomic mass is 9.81. The first-order valence-corrected chi connectivity index (χ1v) is 24.6. The van der Waals surface area contributed by atoms with Gasteiger partial charge < -0.3 is 56.5 Å². The van der Waals surface area contributed by atoms with Crippen LogP contribution in [0.15, 0.2) is 122 Å². The molecule has 1 aliphatic carbocycles. The van der Waals surface area contributed by atoms with Crippen LogP contribution in [-0.2, 0) is 64.2 Å². The van der Waals surface area contributed by atoms with Crippen molar-refractivity contribution in [3.63, 3.8) is 0 Å². The van der Waals surface area contributed by atoms with Gasteiger partial charge in [0, 0.05) is 89.3 Å². The molecule has 0 radical (unpaired) electrons. The quantitative estimate of drug-likeness (QED) is 0.0382. The molecule has 1 saturated carbocycles. The normalized spacial score (nSPS) is 16.1. The summed E-state index contributed by atoms with van der Waals surface area (Å²) in [6, 6.07) is 25.2. The van der Waals surface area contributed by atoms with Gasteiger partial charge in [-0.25, -0.2) is 9.59 Å². The van der Waals surface area contributed by atoms with E-state index in [1.807, 2.05) is 91.0 Å². The molecule has 1 aliphatic rings. The average Bonchev–Trinajstić information content (AvgIpc) is 4.13. The molecule has 0 unspecified atom stereocenters. The number of H-pyrrole nitrogens is 3. The number of carbonyl (C=O) groups is 8. The zero-order valence-corrected chi connectivity index (χ0v) is 40.4. The van der Waals surface area contributed by atoms with Crippen LogP contribution in [0.2, 0.25) is 0 Å². The number of aliphatic carboxylic acids is 2. The lowest BCUT2D eigenvalue weighted by Gasteiger charge is -2.30. The van der Waals surface area contributed by atoms with E-state index < -0.39 is 84.2 Å². The number of aromatic nitrogens is 3. The van der Waals surface area contributed by atoms with Crippen molar-refractivity contribution in [1.82, 2.24) is 41.5 Å². The van der Waals surface area contributed by atoms with E-state index >= 15 is 0 Å². The zero-order chi connectivity index (χ0) is 52.1. The van der Waals surface area contributed by atoms with Gasteiger partial charge in [0.2, 0.25) is 23.6 Å². The number of carboxylic acids is 2. The van der Waals surface area contributed by atoms with E-state index in [1.165, 1.54) is 0 Å². The fourth-order valence-electron chi connectivity index (χ4n) is 9.58. The summed E-state index contributed by atoms with van der Waals surface area (Å²) in [6.45, 7) is -0.0448. The molecule has 384 valence electrons. The number of para-hydroxylation sites is 3. The number of nitrogens with one attached hydrogen (secondary N) is 8. The minimum atomic E-state index is -1.53. The summed E-state index contributed by atoms with van der Waals surface area (Å²) in [5.41, 5.74) is 5.29. The first-order chi connectivity index (χ1) is 35.8. The van der Waals surface area contributed by atoms with Crippen molar-refractivity contribution < 1.29 is 53.3 Å². The van der Waals surface area contributed by atoms with E-state index in [-0.39, 0.29) is 50.9 Å². The third kappa shape index (κ3) is 13.2. The van der Waals surface area contributed by atoms with Gasteiger partial charge in [-0.15, -0.1) is 0 Å². The summed E-state index contributed by atoms with van der Waals surface area (Å²) in [6.07, 6.45) is 4.66. The van der Waals surface area contributed by atoms with Gasteiger partial charge >= 0.3 is 18.0 Å². The van der Waals surface area contributed by atoms with E-state index in [9.17, 15) is 43.5 Å². The van der Waals surface area contributed by atoms with E-state index in [0.717, 1.165) is 49.4 Å². The van der Waals surface area contributed by atoms with Crippen molar-refractivity contribution in [3.8, 4) is 0 Å². The highest BCUT2D eigenvalue weighted by Gasteiger charge is 2.36. The van der Waals surface area contributed by atoms with Crippen molar-refractivity contribution in [2.45, 2.75) is 101 Å². The van der Waals surface area contributed by atoms with Gasteiger partial charge in [0.25, 0.3) is 0 Å². The number of aromatic amines is 3. The second-order valence-electron chi connectivity index (χ2n) is 18.6. The molecule has 0 bridgehead atoms. The molecule has 3 aromatic heterocycles. The Morgan fingerprint density at radius 2 is 1.05 bits per heavy atom. The molecular weight excluding hydrogens is 949 g/mol. The molecule has 4 aromatic carbocycles. The molecule has 19 heteroatoms. The minimum Gasteiger partial charge on any atom is -0.481 e. The number of Topliss-reactive ketones (excluding diaryl/α,β-unsaturated/α-hetero) is 1. The molecule has 6 atom stereocenters. The maximum Gasteiger partial charge on any atom is 0.408 e. The smallest absolute Gasteiger partial charge is 0.408 e. The maximum atomic E-state index is 14.5. The van der Waals surface area contributed by atoms with Gasteiger partial charge in [0.05, 0.1) is 6.04 Å². The molecule has 0 spiro atoms. The highest BCUT2D eigenvalue weighted by atomic mass is 16.5. The number of alkyl carbamates (subject to hydrolysis) is 1. The molecule has 3 heterocycles. The highest BCUT2D eigenvalue weighted by Crippen LogP contribution is 2.27. The van der Waals surface area contributed by atoms with Crippen LogP contribution in [0.5, 0.6) is 0 Å². The predicted molar refractivity (Wildman–Crippen MR) is 273 cm³/mol. The number of hydrogen-bond donors (Lipinski definition) is 10. The second kappa shape index (κ2) is 24.1. The maximum absolute atomic E-state index is 14.5. The lowest BCUT2D eigenvalue weighted by Crippen LogP contribution is -2.57. The van der Waals surface area contributed by atoms with Crippen molar-refractivity contribution in [2.75, 3.05) is 0 Å². The van der Waals surface area contributed by atoms with Crippen LogP contribution in [0.25, 0.3) is 32.7 Å². The first-order valence-electron chi connectivity index (χ1n) is 24.6. The summed E-state index contributed by atoms with van der Waals surface area (Å²) in [5, 5.41) is 35.0. The summed E-state index contributed by atoms with van der Waals surface area (Å²) in [4.78, 5) is 117. The fourth-order valence-corrected chi connectivity index (χ4v) is 9.58. The van der Waals surface area contributed by atoms with Crippen molar-refractivity contribution >= 4 is 80.2 Å². The Balaban J connectivity index is 0.956. The Kier molecular flexibility index (Phi) is 16.8. The van der Waals surface area contributed by atoms with Crippen molar-refractivity contribution in [2.24, 2.45) is 5.92 Å². The average molecular weight is 1010 g/mol. The standard InChI is InChI=1S/C55H58N8O11/c64-48(59-45(25-34-28-56-40-17-7-4-14-37(34)40)51(68)61-44(54(71)72)22-24-49(65)66)23-21-33-13-10-20-43(50(33)67)60-52(69)46(26-35-29-57-41-18-8-5-15-38(35)41)62-53(70)47(27-36-30-58-42-19-9-6-16-39(36)42)63-55(73)74-31-32-11-2-1-3-12-32/h1-9,11-12,14-19,28-30,33,43-47,56-58H,10,13,20-27,31H2,(H,59,64)(H,60,69)(H,61,68)(H,62,70)(H,63,73)(H,65,66)(H,71,72)/t33-,43-,44+,45+,46+,47+/m1/s1. The molecule has 8 rings (SSSR count). The van der Waals surface area contributed by atoms with Gasteiger partial charge in [0.1, 0.15) is 30.8 Å². The van der Waals surface area contributed by atoms with Crippen LogP contribution < -0.4 is 26.6 Å². The van der Waals surface area contributed by atoms with E-state index in [0.29, 0.717) is 24.8 Å². The molecular formula is C55H58N8O11. The van der Waals surface area contributed by atoms with Gasteiger partial charge in [-0.05, 0) is 66.1 Å². The zero-order valence-electron chi connectivity index (χ0n) is 40.4. The number of rotatable bonds is 23. The topological polar surface area (TPSA) is 294 Å². The number of hydrogen-bond acceptors (Lipinski definition) is 9. The molecule has 19 nitrogen and oxygen atoms in total. The molecule has 0 saturated heterocycles. The summed E-state index contributed by atoms with van der Waals surface area (Å²) >= 11 is 0. The van der Waals surface area contributed by atoms with Crippen LogP contribution in [0.1, 0.15) is 67.2 Å². The second-order valence-corrected chi connectivity index (χ2v) is 18.6. The summed E-state index contributed by atoms with van der Waals surface area (Å²) in [5.74, 6) is -6.32. The molecule has 74 heavy (non-hydrogen) atoms. The Labute approximate surface area is 424 Å². The van der Waals surface area contributed by atoms with Crippen LogP contribution in [0.4, 0.5) is 4.79 Å². The number of carbonyl (C=O) groups excluding carboxylic acids is 6. The highest BCUT2D eigenvalue weighted by molar-refractivity contribution is 5.97. The minimum absolute atomic E-state index is 0.0183. The third-order valence-corrected chi connectivity index (χ3v) is 13.5. The van der Waals surface area contributed by atoms with Crippen molar-refractivity contribution in [1.29, 1.82) is 0 Å². The predicted octanol–water partition coefficient (Wildman–Crippen LogP) is 5.49. The Hall–Kier alpha value is -8.74. The Morgan fingerprint density at radius 3 is 1.58 bits per heavy atom. The number of amides is 5. The monoisotopic (exact) mass is 1010 g/mol. The van der Waals surface area contributed by atoms with E-state index in [2.05, 4.69) is 41.5 Å². The SMILES string of the molecule is O=C(O)CC[C@H](NC(=O)[C@H](Cc1c[nH]c2ccccc12)NC(=O)CC[C@H]1CCC[C@@H](NC(=O)[C@H](Cc2c[nH]c3ccccc23)NC(=O)[C@H](Cc2c[nH]c3ccccc23)NC(=O)OCc2ccccc2)C1=O)C(=O)O. The molecule has 1 fully saturated rings. The summed E-state index contributed by atoms with van der Waals surface area (Å²) in [7, 11) is 0. The van der Waals surface area contributed by atoms with E-state index in [4.69, 9.17) is 9.84 Å². The Morgan fingerprint density at radius 1 is 0.568 bits per heavy atom. The molecule has 10 N–H and O–H groups in total. The van der Waals surface area contributed by atoms with E-state index in [1.54, 1.807) is 30.7 Å². The van der Waals surface area contributed by atoms with Crippen LogP contribution >= 0.6 is 0 Å². The largest absolute Gasteiger partial charge is 0.481 e. The van der Waals surface area contributed by atoms with Gasteiger partial charge in [-0.2, -0.15) is 0 Å². The summed E-state index contributed by atoms with van der Waals surface area (Å²) < 4.78 is 5.52.